The molecule has 0 radical (unpaired) electrons. The van der Waals surface area contributed by atoms with Crippen LogP contribution in [0.4, 0.5) is 9.18 Å². The molecule has 0 fully saturated rings. The van der Waals surface area contributed by atoms with Gasteiger partial charge in [0.05, 0.1) is 12.3 Å². The summed E-state index contributed by atoms with van der Waals surface area (Å²) in [5.41, 5.74) is 0.242. The number of alkyl carbamates (subject to hydrolysis) is 1. The molecular formula is C20H31FN2O4S. The number of hydrogen-bond acceptors (Lipinski definition) is 5. The SMILES string of the molecule is CC(=N[S+]([O-])C(C)(C)C)c1cc(F)ccc1O[C@@H](C)CNC(=O)OC(C)(C)C. The molecule has 0 heterocycles. The maximum atomic E-state index is 13.8. The van der Waals surface area contributed by atoms with Gasteiger partial charge in [-0.3, -0.25) is 0 Å². The first-order valence-electron chi connectivity index (χ1n) is 9.10. The second-order valence-corrected chi connectivity index (χ2v) is 10.4. The first-order chi connectivity index (χ1) is 12.7. The molecule has 0 spiro atoms. The molecular weight excluding hydrogens is 383 g/mol. The van der Waals surface area contributed by atoms with E-state index in [1.54, 1.807) is 34.6 Å². The van der Waals surface area contributed by atoms with Crippen LogP contribution in [0.2, 0.25) is 0 Å². The standard InChI is InChI=1S/C20H31FN2O4S/c1-13(12-22-18(24)27-19(3,4)5)26-17-10-9-15(21)11-16(17)14(2)23-28(25)20(6,7)8/h9-11,13H,12H2,1-8H3,(H,22,24)/t13-,28?/m0/s1. The molecule has 1 amide bonds. The zero-order chi connectivity index (χ0) is 21.7. The van der Waals surface area contributed by atoms with Crippen LogP contribution in [0.5, 0.6) is 5.75 Å². The van der Waals surface area contributed by atoms with Crippen molar-refractivity contribution >= 4 is 23.2 Å². The Morgan fingerprint density at radius 1 is 1.29 bits per heavy atom. The fraction of sp³-hybridized carbons (Fsp3) is 0.600. The number of halogens is 1. The Morgan fingerprint density at radius 2 is 1.89 bits per heavy atom. The predicted octanol–water partition coefficient (Wildman–Crippen LogP) is 4.39. The molecule has 28 heavy (non-hydrogen) atoms. The van der Waals surface area contributed by atoms with Gasteiger partial charge in [0.1, 0.15) is 39.4 Å². The Bertz CT molecular complexity index is 711. The summed E-state index contributed by atoms with van der Waals surface area (Å²) in [7, 11) is 0. The van der Waals surface area contributed by atoms with Crippen molar-refractivity contribution in [3.63, 3.8) is 0 Å². The third-order valence-electron chi connectivity index (χ3n) is 3.34. The molecule has 0 aliphatic carbocycles. The monoisotopic (exact) mass is 414 g/mol. The molecule has 1 aromatic carbocycles. The molecule has 1 aromatic rings. The fourth-order valence-electron chi connectivity index (χ4n) is 2.00. The van der Waals surface area contributed by atoms with Crippen molar-refractivity contribution < 1.29 is 23.2 Å². The lowest BCUT2D eigenvalue weighted by molar-refractivity contribution is 0.0505. The van der Waals surface area contributed by atoms with E-state index >= 15 is 0 Å². The lowest BCUT2D eigenvalue weighted by Crippen LogP contribution is -2.37. The molecule has 2 atom stereocenters. The van der Waals surface area contributed by atoms with E-state index in [9.17, 15) is 13.7 Å². The van der Waals surface area contributed by atoms with Crippen LogP contribution >= 0.6 is 0 Å². The number of carbonyl (C=O) groups is 1. The van der Waals surface area contributed by atoms with Gasteiger partial charge in [-0.25, -0.2) is 9.18 Å². The molecule has 6 nitrogen and oxygen atoms in total. The number of carbonyl (C=O) groups excluding carboxylic acids is 1. The molecule has 1 rings (SSSR count). The van der Waals surface area contributed by atoms with Crippen molar-refractivity contribution in [3.05, 3.63) is 29.6 Å². The molecule has 158 valence electrons. The highest BCUT2D eigenvalue weighted by molar-refractivity contribution is 7.91. The van der Waals surface area contributed by atoms with Gasteiger partial charge in [-0.05, 0) is 73.6 Å². The van der Waals surface area contributed by atoms with E-state index in [0.717, 1.165) is 0 Å². The minimum Gasteiger partial charge on any atom is -0.591 e. The maximum Gasteiger partial charge on any atom is 0.407 e. The van der Waals surface area contributed by atoms with Gasteiger partial charge in [0.2, 0.25) is 0 Å². The highest BCUT2D eigenvalue weighted by Crippen LogP contribution is 2.24. The second kappa shape index (κ2) is 9.60. The molecule has 1 N–H and O–H groups in total. The van der Waals surface area contributed by atoms with E-state index < -0.39 is 39.7 Å². The van der Waals surface area contributed by atoms with Crippen molar-refractivity contribution in [1.29, 1.82) is 0 Å². The summed E-state index contributed by atoms with van der Waals surface area (Å²) in [5.74, 6) is -0.0509. The van der Waals surface area contributed by atoms with E-state index in [0.29, 0.717) is 17.0 Å². The van der Waals surface area contributed by atoms with E-state index in [1.807, 2.05) is 20.8 Å². The van der Waals surface area contributed by atoms with Crippen LogP contribution in [0.1, 0.15) is 61.0 Å². The van der Waals surface area contributed by atoms with Crippen LogP contribution in [0.15, 0.2) is 22.6 Å². The zero-order valence-corrected chi connectivity index (χ0v) is 18.7. The number of nitrogens with one attached hydrogen (secondary N) is 1. The van der Waals surface area contributed by atoms with Crippen molar-refractivity contribution in [2.75, 3.05) is 6.54 Å². The summed E-state index contributed by atoms with van der Waals surface area (Å²) in [6, 6.07) is 4.07. The second-order valence-electron chi connectivity index (χ2n) is 8.49. The zero-order valence-electron chi connectivity index (χ0n) is 17.9. The summed E-state index contributed by atoms with van der Waals surface area (Å²) in [6.45, 7) is 14.4. The minimum absolute atomic E-state index is 0.204. The van der Waals surface area contributed by atoms with E-state index in [2.05, 4.69) is 9.71 Å². The van der Waals surface area contributed by atoms with Gasteiger partial charge in [0.15, 0.2) is 0 Å². The largest absolute Gasteiger partial charge is 0.591 e. The third kappa shape index (κ3) is 8.48. The highest BCUT2D eigenvalue weighted by atomic mass is 32.2. The Morgan fingerprint density at radius 3 is 2.43 bits per heavy atom. The summed E-state index contributed by atoms with van der Waals surface area (Å²) in [4.78, 5) is 11.8. The van der Waals surface area contributed by atoms with Crippen LogP contribution < -0.4 is 10.1 Å². The lowest BCUT2D eigenvalue weighted by atomic mass is 10.1. The maximum absolute atomic E-state index is 13.8. The molecule has 0 aromatic heterocycles. The normalized spacial score (nSPS) is 15.0. The van der Waals surface area contributed by atoms with Crippen LogP contribution in [-0.4, -0.2) is 39.4 Å². The highest BCUT2D eigenvalue weighted by Gasteiger charge is 2.27. The average Bonchev–Trinajstić information content (AvgIpc) is 2.52. The van der Waals surface area contributed by atoms with Gasteiger partial charge in [0, 0.05) is 5.56 Å². The summed E-state index contributed by atoms with van der Waals surface area (Å²) in [6.07, 6.45) is -0.946. The Balaban J connectivity index is 2.89. The van der Waals surface area contributed by atoms with Crippen molar-refractivity contribution in [3.8, 4) is 5.75 Å². The Hall–Kier alpha value is -1.80. The van der Waals surface area contributed by atoms with Crippen LogP contribution in [0.25, 0.3) is 0 Å². The fourth-order valence-corrected chi connectivity index (χ4v) is 2.62. The van der Waals surface area contributed by atoms with Gasteiger partial charge in [-0.15, -0.1) is 0 Å². The quantitative estimate of drug-likeness (QED) is 0.553. The topological polar surface area (TPSA) is 83.0 Å². The molecule has 0 saturated heterocycles. The van der Waals surface area contributed by atoms with Gasteiger partial charge in [0.25, 0.3) is 0 Å². The molecule has 0 aliphatic heterocycles. The Labute approximate surface area is 170 Å². The van der Waals surface area contributed by atoms with Gasteiger partial charge in [-0.2, -0.15) is 0 Å². The summed E-state index contributed by atoms with van der Waals surface area (Å²) >= 11 is -1.48. The van der Waals surface area contributed by atoms with E-state index in [1.165, 1.54) is 18.2 Å². The van der Waals surface area contributed by atoms with Gasteiger partial charge >= 0.3 is 6.09 Å². The molecule has 0 aliphatic rings. The van der Waals surface area contributed by atoms with Gasteiger partial charge in [-0.1, -0.05) is 4.40 Å². The Kier molecular flexibility index (Phi) is 8.31. The van der Waals surface area contributed by atoms with Crippen LogP contribution in [0.3, 0.4) is 0 Å². The van der Waals surface area contributed by atoms with Crippen molar-refractivity contribution in [2.24, 2.45) is 4.40 Å². The third-order valence-corrected chi connectivity index (χ3v) is 4.82. The van der Waals surface area contributed by atoms with E-state index in [4.69, 9.17) is 9.47 Å². The predicted molar refractivity (Wildman–Crippen MR) is 111 cm³/mol. The number of nitrogens with zero attached hydrogens (tertiary/aromatic N) is 1. The number of rotatable bonds is 6. The average molecular weight is 415 g/mol. The number of ether oxygens (including phenoxy) is 2. The van der Waals surface area contributed by atoms with Crippen molar-refractivity contribution in [2.45, 2.75) is 71.8 Å². The molecule has 1 unspecified atom stereocenters. The van der Waals surface area contributed by atoms with Crippen LogP contribution in [-0.2, 0) is 16.1 Å². The molecule has 8 heteroatoms. The summed E-state index contributed by atoms with van der Waals surface area (Å²) < 4.78 is 40.8. The molecule has 0 saturated carbocycles. The summed E-state index contributed by atoms with van der Waals surface area (Å²) in [5, 5.41) is 2.63. The smallest absolute Gasteiger partial charge is 0.407 e. The van der Waals surface area contributed by atoms with Gasteiger partial charge < -0.3 is 19.3 Å². The van der Waals surface area contributed by atoms with Crippen LogP contribution in [0, 0.1) is 5.82 Å². The van der Waals surface area contributed by atoms with Crippen molar-refractivity contribution in [1.82, 2.24) is 5.32 Å². The first kappa shape index (κ1) is 24.2. The lowest BCUT2D eigenvalue weighted by Gasteiger charge is -2.22. The van der Waals surface area contributed by atoms with E-state index in [-0.39, 0.29) is 6.54 Å². The number of hydrogen-bond donors (Lipinski definition) is 1. The molecule has 0 bridgehead atoms. The first-order valence-corrected chi connectivity index (χ1v) is 10.2. The number of amides is 1. The minimum atomic E-state index is -1.48. The number of benzene rings is 1.